The van der Waals surface area contributed by atoms with E-state index in [1.807, 2.05) is 6.07 Å². The highest BCUT2D eigenvalue weighted by atomic mass is 35.5. The molecule has 0 spiro atoms. The van der Waals surface area contributed by atoms with Gasteiger partial charge in [-0.25, -0.2) is 26.5 Å². The zero-order chi connectivity index (χ0) is 32.7. The topological polar surface area (TPSA) is 123 Å². The van der Waals surface area contributed by atoms with E-state index in [1.165, 1.54) is 30.3 Å². The quantitative estimate of drug-likeness (QED) is 0.345. The summed E-state index contributed by atoms with van der Waals surface area (Å²) in [6, 6.07) is 9.02. The third-order valence-corrected chi connectivity index (χ3v) is 9.59. The average Bonchev–Trinajstić information content (AvgIpc) is 3.29. The van der Waals surface area contributed by atoms with Crippen LogP contribution in [0.4, 0.5) is 33.5 Å². The molecule has 2 atom stereocenters. The standard InChI is InChI=1S/C29H23ClF5N5O4S/c30-22-7-2-1-6-21(22)25(26(41)38-19-14-28(31,32)15-19)39(20-5-3-4-18(13-20)29(33,34)35)27(42)23-9-11-45(43,44)40(23)24-12-17(16-36)8-10-37-24/h1-8,10,12-13,19,23,25H,9,11,14-15H2,(H,38,41)/t23-,25-/m0/s1. The maximum absolute atomic E-state index is 14.5. The van der Waals surface area contributed by atoms with E-state index in [1.54, 1.807) is 0 Å². The van der Waals surface area contributed by atoms with Crippen molar-refractivity contribution in [1.29, 1.82) is 5.26 Å². The number of pyridine rings is 1. The molecule has 2 aliphatic rings. The van der Waals surface area contributed by atoms with E-state index < -0.39 is 81.9 Å². The number of aromatic nitrogens is 1. The molecule has 2 aromatic carbocycles. The Kier molecular flexibility index (Phi) is 8.49. The Balaban J connectivity index is 1.68. The molecule has 0 bridgehead atoms. The molecule has 3 aromatic rings. The molecule has 2 amide bonds. The lowest BCUT2D eigenvalue weighted by Gasteiger charge is -2.39. The number of hydrogen-bond donors (Lipinski definition) is 1. The molecule has 1 saturated carbocycles. The fourth-order valence-electron chi connectivity index (χ4n) is 5.34. The number of sulfonamides is 1. The largest absolute Gasteiger partial charge is 0.416 e. The number of carbonyl (C=O) groups excluding carboxylic acids is 2. The maximum atomic E-state index is 14.5. The van der Waals surface area contributed by atoms with Crippen molar-refractivity contribution in [3.05, 3.63) is 88.6 Å². The van der Waals surface area contributed by atoms with Crippen LogP contribution in [0.15, 0.2) is 66.9 Å². The number of halogens is 6. The molecule has 1 saturated heterocycles. The van der Waals surface area contributed by atoms with Crippen molar-refractivity contribution in [1.82, 2.24) is 10.3 Å². The Morgan fingerprint density at radius 3 is 2.47 bits per heavy atom. The molecule has 236 valence electrons. The summed E-state index contributed by atoms with van der Waals surface area (Å²) in [7, 11) is -4.23. The molecule has 2 fully saturated rings. The van der Waals surface area contributed by atoms with Gasteiger partial charge in [-0.1, -0.05) is 35.9 Å². The minimum absolute atomic E-state index is 0.0219. The van der Waals surface area contributed by atoms with Gasteiger partial charge in [0.2, 0.25) is 15.9 Å². The average molecular weight is 668 g/mol. The Morgan fingerprint density at radius 1 is 1.11 bits per heavy atom. The normalized spacial score (nSPS) is 19.7. The van der Waals surface area contributed by atoms with Crippen LogP contribution in [0.5, 0.6) is 0 Å². The summed E-state index contributed by atoms with van der Waals surface area (Å²) in [5.74, 6) is -6.01. The van der Waals surface area contributed by atoms with Crippen molar-refractivity contribution in [3.63, 3.8) is 0 Å². The van der Waals surface area contributed by atoms with Crippen LogP contribution in [0.25, 0.3) is 0 Å². The van der Waals surface area contributed by atoms with E-state index in [2.05, 4.69) is 10.3 Å². The van der Waals surface area contributed by atoms with Gasteiger partial charge in [-0.2, -0.15) is 18.4 Å². The van der Waals surface area contributed by atoms with Crippen LogP contribution in [0, 0.1) is 11.3 Å². The van der Waals surface area contributed by atoms with Gasteiger partial charge in [0.1, 0.15) is 17.9 Å². The first kappa shape index (κ1) is 32.1. The number of alkyl halides is 5. The molecule has 1 aliphatic heterocycles. The lowest BCUT2D eigenvalue weighted by Crippen LogP contribution is -2.56. The Morgan fingerprint density at radius 2 is 1.82 bits per heavy atom. The van der Waals surface area contributed by atoms with Crippen LogP contribution in [-0.2, 0) is 25.8 Å². The highest BCUT2D eigenvalue weighted by Crippen LogP contribution is 2.41. The molecule has 0 radical (unpaired) electrons. The fraction of sp³-hybridized carbons (Fsp3) is 0.310. The molecule has 1 aromatic heterocycles. The summed E-state index contributed by atoms with van der Waals surface area (Å²) in [4.78, 5) is 33.1. The van der Waals surface area contributed by atoms with Crippen molar-refractivity contribution in [2.75, 3.05) is 15.0 Å². The van der Waals surface area contributed by atoms with Gasteiger partial charge in [-0.15, -0.1) is 0 Å². The first-order valence-corrected chi connectivity index (χ1v) is 15.4. The summed E-state index contributed by atoms with van der Waals surface area (Å²) in [5.41, 5.74) is -1.63. The second-order valence-electron chi connectivity index (χ2n) is 10.6. The molecule has 9 nitrogen and oxygen atoms in total. The number of benzene rings is 2. The minimum Gasteiger partial charge on any atom is -0.351 e. The van der Waals surface area contributed by atoms with E-state index in [-0.39, 0.29) is 28.4 Å². The Labute approximate surface area is 259 Å². The molecule has 2 heterocycles. The molecule has 16 heteroatoms. The highest BCUT2D eigenvalue weighted by molar-refractivity contribution is 7.93. The molecule has 0 unspecified atom stereocenters. The molecular formula is C29H23ClF5N5O4S. The first-order chi connectivity index (χ1) is 21.1. The summed E-state index contributed by atoms with van der Waals surface area (Å²) >= 11 is 6.43. The molecule has 45 heavy (non-hydrogen) atoms. The fourth-order valence-corrected chi connectivity index (χ4v) is 7.26. The van der Waals surface area contributed by atoms with Gasteiger partial charge in [0, 0.05) is 41.4 Å². The number of amides is 2. The van der Waals surface area contributed by atoms with Crippen molar-refractivity contribution in [2.24, 2.45) is 0 Å². The highest BCUT2D eigenvalue weighted by Gasteiger charge is 2.50. The predicted molar refractivity (Wildman–Crippen MR) is 153 cm³/mol. The summed E-state index contributed by atoms with van der Waals surface area (Å²) in [6.45, 7) is 0. The van der Waals surface area contributed by atoms with Gasteiger partial charge in [-0.3, -0.25) is 14.5 Å². The second kappa shape index (κ2) is 11.9. The van der Waals surface area contributed by atoms with Crippen LogP contribution in [0.3, 0.4) is 0 Å². The first-order valence-electron chi connectivity index (χ1n) is 13.4. The molecular weight excluding hydrogens is 645 g/mol. The van der Waals surface area contributed by atoms with Gasteiger partial charge in [0.15, 0.2) is 0 Å². The van der Waals surface area contributed by atoms with Gasteiger partial charge in [0.05, 0.1) is 22.9 Å². The SMILES string of the molecule is N#Cc1ccnc(N2[C@H](C(=O)N(c3cccc(C(F)(F)F)c3)[C@H](C(=O)NC3CC(F)(F)C3)c3ccccc3Cl)CCS2(=O)=O)c1. The van der Waals surface area contributed by atoms with Crippen molar-refractivity contribution in [2.45, 2.75) is 49.5 Å². The number of carbonyl (C=O) groups is 2. The van der Waals surface area contributed by atoms with E-state index in [4.69, 9.17) is 11.6 Å². The zero-order valence-corrected chi connectivity index (χ0v) is 24.6. The van der Waals surface area contributed by atoms with E-state index in [9.17, 15) is 45.2 Å². The lowest BCUT2D eigenvalue weighted by molar-refractivity contribution is -0.137. The molecule has 1 N–H and O–H groups in total. The van der Waals surface area contributed by atoms with Crippen LogP contribution >= 0.6 is 11.6 Å². The van der Waals surface area contributed by atoms with Crippen molar-refractivity contribution in [3.8, 4) is 6.07 Å². The van der Waals surface area contributed by atoms with Crippen molar-refractivity contribution >= 4 is 44.9 Å². The van der Waals surface area contributed by atoms with Gasteiger partial charge in [0.25, 0.3) is 11.8 Å². The van der Waals surface area contributed by atoms with E-state index in [0.29, 0.717) is 15.3 Å². The van der Waals surface area contributed by atoms with Crippen LogP contribution < -0.4 is 14.5 Å². The van der Waals surface area contributed by atoms with E-state index >= 15 is 0 Å². The summed E-state index contributed by atoms with van der Waals surface area (Å²) < 4.78 is 95.9. The number of nitrogens with zero attached hydrogens (tertiary/aromatic N) is 4. The lowest BCUT2D eigenvalue weighted by atomic mass is 9.87. The summed E-state index contributed by atoms with van der Waals surface area (Å²) in [5, 5.41) is 11.7. The third-order valence-electron chi connectivity index (χ3n) is 7.45. The maximum Gasteiger partial charge on any atom is 0.416 e. The Hall–Kier alpha value is -4.29. The zero-order valence-electron chi connectivity index (χ0n) is 23.0. The Bertz CT molecular complexity index is 1790. The molecule has 5 rings (SSSR count). The predicted octanol–water partition coefficient (Wildman–Crippen LogP) is 5.22. The third kappa shape index (κ3) is 6.57. The number of nitriles is 1. The summed E-state index contributed by atoms with van der Waals surface area (Å²) in [6.07, 6.45) is -5.44. The number of rotatable bonds is 7. The minimum atomic E-state index is -4.87. The number of anilines is 2. The van der Waals surface area contributed by atoms with Gasteiger partial charge < -0.3 is 5.32 Å². The van der Waals surface area contributed by atoms with Gasteiger partial charge in [-0.05, 0) is 42.8 Å². The van der Waals surface area contributed by atoms with Crippen molar-refractivity contribution < 1.29 is 40.0 Å². The van der Waals surface area contributed by atoms with E-state index in [0.717, 1.165) is 30.5 Å². The molecule has 1 aliphatic carbocycles. The number of nitrogens with one attached hydrogen (secondary N) is 1. The monoisotopic (exact) mass is 667 g/mol. The van der Waals surface area contributed by atoms with Crippen LogP contribution in [-0.4, -0.2) is 49.0 Å². The second-order valence-corrected chi connectivity index (χ2v) is 13.0. The van der Waals surface area contributed by atoms with Gasteiger partial charge >= 0.3 is 6.18 Å². The van der Waals surface area contributed by atoms with Crippen LogP contribution in [0.2, 0.25) is 5.02 Å². The smallest absolute Gasteiger partial charge is 0.351 e. The van der Waals surface area contributed by atoms with Crippen LogP contribution in [0.1, 0.15) is 42.0 Å². The number of hydrogen-bond acceptors (Lipinski definition) is 6.